The number of ether oxygens (including phenoxy) is 2. The summed E-state index contributed by atoms with van der Waals surface area (Å²) in [5.74, 6) is 1.12. The number of benzene rings is 1. The van der Waals surface area contributed by atoms with Gasteiger partial charge < -0.3 is 19.9 Å². The topological polar surface area (TPSA) is 67.8 Å². The smallest absolute Gasteiger partial charge is 0.258 e. The minimum Gasteiger partial charge on any atom is -0.494 e. The highest BCUT2D eigenvalue weighted by atomic mass is 16.5. The molecule has 0 saturated heterocycles. The molecule has 0 heterocycles. The van der Waals surface area contributed by atoms with Gasteiger partial charge in [-0.2, -0.15) is 0 Å². The van der Waals surface area contributed by atoms with Crippen LogP contribution in [-0.4, -0.2) is 37.4 Å². The molecule has 0 atom stereocenters. The van der Waals surface area contributed by atoms with E-state index in [0.29, 0.717) is 12.4 Å². The molecule has 0 aromatic heterocycles. The van der Waals surface area contributed by atoms with E-state index in [-0.39, 0.29) is 25.7 Å². The minimum absolute atomic E-state index is 0.0615. The molecule has 5 heteroatoms. The van der Waals surface area contributed by atoms with Gasteiger partial charge in [0.05, 0.1) is 13.2 Å². The molecule has 0 aliphatic carbocycles. The molecule has 2 N–H and O–H groups in total. The summed E-state index contributed by atoms with van der Waals surface area (Å²) in [7, 11) is 0. The summed E-state index contributed by atoms with van der Waals surface area (Å²) in [5.41, 5.74) is 0. The standard InChI is InChI=1S/C12H17NO4/c1-2-16-10-3-5-11(6-4-10)17-9-12(15)13-7-8-14/h3-6,14H,2,7-9H2,1H3,(H,13,15). The summed E-state index contributed by atoms with van der Waals surface area (Å²) in [6.45, 7) is 2.63. The van der Waals surface area contributed by atoms with E-state index in [1.807, 2.05) is 6.92 Å². The van der Waals surface area contributed by atoms with Crippen molar-refractivity contribution in [3.05, 3.63) is 24.3 Å². The third-order valence-electron chi connectivity index (χ3n) is 1.94. The number of carbonyl (C=O) groups excluding carboxylic acids is 1. The molecule has 0 aliphatic heterocycles. The molecule has 0 fully saturated rings. The molecule has 0 bridgehead atoms. The fourth-order valence-electron chi connectivity index (χ4n) is 1.19. The number of aliphatic hydroxyl groups is 1. The van der Waals surface area contributed by atoms with Gasteiger partial charge in [0.15, 0.2) is 6.61 Å². The van der Waals surface area contributed by atoms with Crippen LogP contribution >= 0.6 is 0 Å². The summed E-state index contributed by atoms with van der Waals surface area (Å²) < 4.78 is 10.5. The van der Waals surface area contributed by atoms with Gasteiger partial charge in [-0.15, -0.1) is 0 Å². The Labute approximate surface area is 100 Å². The second-order valence-electron chi connectivity index (χ2n) is 3.27. The zero-order valence-electron chi connectivity index (χ0n) is 9.81. The molecule has 0 unspecified atom stereocenters. The largest absolute Gasteiger partial charge is 0.494 e. The minimum atomic E-state index is -0.257. The van der Waals surface area contributed by atoms with Crippen molar-refractivity contribution >= 4 is 5.91 Å². The first kappa shape index (κ1) is 13.3. The van der Waals surface area contributed by atoms with Crippen LogP contribution < -0.4 is 14.8 Å². The van der Waals surface area contributed by atoms with Crippen molar-refractivity contribution in [2.75, 3.05) is 26.4 Å². The third-order valence-corrected chi connectivity index (χ3v) is 1.94. The van der Waals surface area contributed by atoms with Gasteiger partial charge in [-0.3, -0.25) is 4.79 Å². The Balaban J connectivity index is 2.34. The van der Waals surface area contributed by atoms with Crippen molar-refractivity contribution in [1.82, 2.24) is 5.32 Å². The van der Waals surface area contributed by atoms with Gasteiger partial charge in [-0.25, -0.2) is 0 Å². The van der Waals surface area contributed by atoms with Gasteiger partial charge in [-0.05, 0) is 31.2 Å². The monoisotopic (exact) mass is 239 g/mol. The molecule has 5 nitrogen and oxygen atoms in total. The molecular weight excluding hydrogens is 222 g/mol. The van der Waals surface area contributed by atoms with Gasteiger partial charge in [0.2, 0.25) is 0 Å². The zero-order chi connectivity index (χ0) is 12.5. The maximum absolute atomic E-state index is 11.2. The van der Waals surface area contributed by atoms with E-state index in [1.165, 1.54) is 0 Å². The quantitative estimate of drug-likeness (QED) is 0.730. The van der Waals surface area contributed by atoms with Crippen molar-refractivity contribution in [2.24, 2.45) is 0 Å². The normalized spacial score (nSPS) is 9.76. The lowest BCUT2D eigenvalue weighted by atomic mass is 10.3. The van der Waals surface area contributed by atoms with E-state index in [1.54, 1.807) is 24.3 Å². The van der Waals surface area contributed by atoms with Crippen LogP contribution in [0.25, 0.3) is 0 Å². The van der Waals surface area contributed by atoms with Crippen LogP contribution in [0.2, 0.25) is 0 Å². The molecule has 0 aliphatic rings. The summed E-state index contributed by atoms with van der Waals surface area (Å²) in [6, 6.07) is 7.05. The third kappa shape index (κ3) is 5.21. The Morgan fingerprint density at radius 2 is 1.82 bits per heavy atom. The molecule has 1 amide bonds. The average Bonchev–Trinajstić information content (AvgIpc) is 2.36. The van der Waals surface area contributed by atoms with Crippen LogP contribution in [0, 0.1) is 0 Å². The van der Waals surface area contributed by atoms with Crippen LogP contribution in [-0.2, 0) is 4.79 Å². The summed E-state index contributed by atoms with van der Waals surface area (Å²) in [6.07, 6.45) is 0. The van der Waals surface area contributed by atoms with Crippen molar-refractivity contribution < 1.29 is 19.4 Å². The number of carbonyl (C=O) groups is 1. The Hall–Kier alpha value is -1.75. The molecule has 0 radical (unpaired) electrons. The van der Waals surface area contributed by atoms with Gasteiger partial charge in [0.25, 0.3) is 5.91 Å². The van der Waals surface area contributed by atoms with Gasteiger partial charge in [0.1, 0.15) is 11.5 Å². The fraction of sp³-hybridized carbons (Fsp3) is 0.417. The predicted octanol–water partition coefficient (Wildman–Crippen LogP) is 0.573. The Morgan fingerprint density at radius 1 is 1.24 bits per heavy atom. The summed E-state index contributed by atoms with van der Waals surface area (Å²) in [5, 5.41) is 11.0. The molecule has 0 saturated carbocycles. The molecule has 1 aromatic carbocycles. The van der Waals surface area contributed by atoms with Crippen LogP contribution in [0.4, 0.5) is 0 Å². The van der Waals surface area contributed by atoms with E-state index >= 15 is 0 Å². The van der Waals surface area contributed by atoms with Gasteiger partial charge >= 0.3 is 0 Å². The highest BCUT2D eigenvalue weighted by Crippen LogP contribution is 2.17. The number of rotatable bonds is 7. The second-order valence-corrected chi connectivity index (χ2v) is 3.27. The van der Waals surface area contributed by atoms with E-state index in [2.05, 4.69) is 5.32 Å². The van der Waals surface area contributed by atoms with Crippen molar-refractivity contribution in [3.63, 3.8) is 0 Å². The first-order chi connectivity index (χ1) is 8.26. The molecule has 1 aromatic rings. The summed E-state index contributed by atoms with van der Waals surface area (Å²) in [4.78, 5) is 11.2. The number of nitrogens with one attached hydrogen (secondary N) is 1. The highest BCUT2D eigenvalue weighted by Gasteiger charge is 2.01. The molecule has 0 spiro atoms. The Kier molecular flexibility index (Phi) is 5.88. The Morgan fingerprint density at radius 3 is 2.35 bits per heavy atom. The van der Waals surface area contributed by atoms with E-state index in [0.717, 1.165) is 5.75 Å². The lowest BCUT2D eigenvalue weighted by molar-refractivity contribution is -0.123. The maximum atomic E-state index is 11.2. The van der Waals surface area contributed by atoms with E-state index in [4.69, 9.17) is 14.6 Å². The number of hydrogen-bond acceptors (Lipinski definition) is 4. The highest BCUT2D eigenvalue weighted by molar-refractivity contribution is 5.77. The van der Waals surface area contributed by atoms with Gasteiger partial charge in [0, 0.05) is 6.54 Å². The van der Waals surface area contributed by atoms with Crippen molar-refractivity contribution in [3.8, 4) is 11.5 Å². The maximum Gasteiger partial charge on any atom is 0.258 e. The van der Waals surface area contributed by atoms with Crippen LogP contribution in [0.15, 0.2) is 24.3 Å². The number of amides is 1. The first-order valence-corrected chi connectivity index (χ1v) is 5.49. The second kappa shape index (κ2) is 7.51. The predicted molar refractivity (Wildman–Crippen MR) is 63.2 cm³/mol. The fourth-order valence-corrected chi connectivity index (χ4v) is 1.19. The lowest BCUT2D eigenvalue weighted by Gasteiger charge is -2.07. The van der Waals surface area contributed by atoms with Crippen LogP contribution in [0.5, 0.6) is 11.5 Å². The SMILES string of the molecule is CCOc1ccc(OCC(=O)NCCO)cc1. The van der Waals surface area contributed by atoms with E-state index < -0.39 is 0 Å². The lowest BCUT2D eigenvalue weighted by Crippen LogP contribution is -2.31. The molecule has 94 valence electrons. The molecule has 17 heavy (non-hydrogen) atoms. The Bertz CT molecular complexity index is 337. The molecule has 1 rings (SSSR count). The van der Waals surface area contributed by atoms with Gasteiger partial charge in [-0.1, -0.05) is 0 Å². The molecular formula is C12H17NO4. The van der Waals surface area contributed by atoms with Crippen molar-refractivity contribution in [1.29, 1.82) is 0 Å². The average molecular weight is 239 g/mol. The van der Waals surface area contributed by atoms with Crippen molar-refractivity contribution in [2.45, 2.75) is 6.92 Å². The van der Waals surface area contributed by atoms with Crippen LogP contribution in [0.3, 0.4) is 0 Å². The number of aliphatic hydroxyl groups excluding tert-OH is 1. The number of hydrogen-bond donors (Lipinski definition) is 2. The zero-order valence-corrected chi connectivity index (χ0v) is 9.81. The van der Waals surface area contributed by atoms with Crippen LogP contribution in [0.1, 0.15) is 6.92 Å². The van der Waals surface area contributed by atoms with E-state index in [9.17, 15) is 4.79 Å². The summed E-state index contributed by atoms with van der Waals surface area (Å²) >= 11 is 0. The first-order valence-electron chi connectivity index (χ1n) is 5.49.